The zero-order valence-electron chi connectivity index (χ0n) is 13.5. The van der Waals surface area contributed by atoms with Gasteiger partial charge in [0.05, 0.1) is 0 Å². The van der Waals surface area contributed by atoms with Crippen LogP contribution >= 0.6 is 11.6 Å². The summed E-state index contributed by atoms with van der Waals surface area (Å²) in [4.78, 5) is 22.9. The van der Waals surface area contributed by atoms with Crippen LogP contribution in [-0.2, 0) is 4.79 Å². The topological polar surface area (TPSA) is 79.5 Å². The second-order valence-corrected chi connectivity index (χ2v) is 5.86. The van der Waals surface area contributed by atoms with E-state index in [0.29, 0.717) is 22.0 Å². The van der Waals surface area contributed by atoms with Crippen LogP contribution in [-0.4, -0.2) is 17.0 Å². The van der Waals surface area contributed by atoms with Gasteiger partial charge in [-0.15, -0.1) is 0 Å². The van der Waals surface area contributed by atoms with E-state index >= 15 is 0 Å². The fourth-order valence-electron chi connectivity index (χ4n) is 2.31. The van der Waals surface area contributed by atoms with E-state index in [9.17, 15) is 9.59 Å². The third kappa shape index (κ3) is 4.40. The smallest absolute Gasteiger partial charge is 0.328 e. The first-order valence-electron chi connectivity index (χ1n) is 7.69. The van der Waals surface area contributed by atoms with Crippen LogP contribution in [0.25, 0.3) is 17.4 Å². The standard InChI is InChI=1S/C20H14ClNO4/c21-15-7-5-14(6-8-15)17-9-10-18(26-17)20(25)22-16-3-1-2-13(12-16)4-11-19(23)24/h1-12H,(H,22,25)(H,23,24)/b11-4+. The van der Waals surface area contributed by atoms with E-state index in [2.05, 4.69) is 5.32 Å². The van der Waals surface area contributed by atoms with Crippen molar-refractivity contribution in [2.75, 3.05) is 5.32 Å². The lowest BCUT2D eigenvalue weighted by Crippen LogP contribution is -2.10. The Morgan fingerprint density at radius 1 is 1.04 bits per heavy atom. The Kier molecular flexibility index (Phi) is 5.20. The quantitative estimate of drug-likeness (QED) is 0.625. The SMILES string of the molecule is O=C(O)/C=C/c1cccc(NC(=O)c2ccc(-c3ccc(Cl)cc3)o2)c1. The summed E-state index contributed by atoms with van der Waals surface area (Å²) < 4.78 is 5.61. The van der Waals surface area contributed by atoms with Crippen LogP contribution in [0.1, 0.15) is 16.1 Å². The summed E-state index contributed by atoms with van der Waals surface area (Å²) >= 11 is 5.87. The number of carbonyl (C=O) groups excluding carboxylic acids is 1. The minimum Gasteiger partial charge on any atom is -0.478 e. The van der Waals surface area contributed by atoms with Gasteiger partial charge in [-0.3, -0.25) is 4.79 Å². The molecule has 0 unspecified atom stereocenters. The minimum atomic E-state index is -1.04. The molecule has 0 aliphatic heterocycles. The number of benzene rings is 2. The first-order valence-corrected chi connectivity index (χ1v) is 8.07. The van der Waals surface area contributed by atoms with Crippen molar-refractivity contribution in [3.63, 3.8) is 0 Å². The Balaban J connectivity index is 1.73. The summed E-state index contributed by atoms with van der Waals surface area (Å²) in [6, 6.07) is 17.2. The van der Waals surface area contributed by atoms with Gasteiger partial charge in [0.25, 0.3) is 5.91 Å². The Hall–Kier alpha value is -3.31. The summed E-state index contributed by atoms with van der Waals surface area (Å²) in [6.45, 7) is 0. The predicted molar refractivity (Wildman–Crippen MR) is 100 cm³/mol. The highest BCUT2D eigenvalue weighted by Crippen LogP contribution is 2.24. The fraction of sp³-hybridized carbons (Fsp3) is 0. The molecule has 26 heavy (non-hydrogen) atoms. The number of carboxylic acids is 1. The summed E-state index contributed by atoms with van der Waals surface area (Å²) in [7, 11) is 0. The van der Waals surface area contributed by atoms with Crippen molar-refractivity contribution in [2.24, 2.45) is 0 Å². The van der Waals surface area contributed by atoms with Gasteiger partial charge in [-0.1, -0.05) is 23.7 Å². The van der Waals surface area contributed by atoms with E-state index in [1.54, 1.807) is 60.7 Å². The number of furan rings is 1. The molecule has 1 amide bonds. The maximum absolute atomic E-state index is 12.4. The summed E-state index contributed by atoms with van der Waals surface area (Å²) in [5.74, 6) is -0.708. The first-order chi connectivity index (χ1) is 12.5. The van der Waals surface area contributed by atoms with E-state index in [1.165, 1.54) is 6.08 Å². The van der Waals surface area contributed by atoms with Crippen LogP contribution in [0.4, 0.5) is 5.69 Å². The molecular formula is C20H14ClNO4. The van der Waals surface area contributed by atoms with E-state index in [-0.39, 0.29) is 5.76 Å². The lowest BCUT2D eigenvalue weighted by Gasteiger charge is -2.04. The van der Waals surface area contributed by atoms with Crippen molar-refractivity contribution in [1.29, 1.82) is 0 Å². The number of hydrogen-bond acceptors (Lipinski definition) is 3. The third-order valence-electron chi connectivity index (χ3n) is 3.52. The van der Waals surface area contributed by atoms with Gasteiger partial charge in [0.1, 0.15) is 5.76 Å². The third-order valence-corrected chi connectivity index (χ3v) is 3.77. The number of aliphatic carboxylic acids is 1. The van der Waals surface area contributed by atoms with Crippen molar-refractivity contribution in [1.82, 2.24) is 0 Å². The van der Waals surface area contributed by atoms with Crippen LogP contribution in [0.5, 0.6) is 0 Å². The molecule has 2 N–H and O–H groups in total. The van der Waals surface area contributed by atoms with Gasteiger partial charge in [-0.25, -0.2) is 4.79 Å². The zero-order chi connectivity index (χ0) is 18.5. The lowest BCUT2D eigenvalue weighted by molar-refractivity contribution is -0.131. The maximum atomic E-state index is 12.4. The van der Waals surface area contributed by atoms with Crippen molar-refractivity contribution in [2.45, 2.75) is 0 Å². The van der Waals surface area contributed by atoms with E-state index in [4.69, 9.17) is 21.1 Å². The Morgan fingerprint density at radius 3 is 2.54 bits per heavy atom. The Labute approximate surface area is 154 Å². The number of carbonyl (C=O) groups is 2. The van der Waals surface area contributed by atoms with Gasteiger partial charge in [-0.2, -0.15) is 0 Å². The molecule has 0 fully saturated rings. The van der Waals surface area contributed by atoms with E-state index in [0.717, 1.165) is 11.6 Å². The molecule has 0 atom stereocenters. The molecule has 0 bridgehead atoms. The highest BCUT2D eigenvalue weighted by molar-refractivity contribution is 6.30. The first kappa shape index (κ1) is 17.5. The molecule has 3 rings (SSSR count). The Morgan fingerprint density at radius 2 is 1.81 bits per heavy atom. The van der Waals surface area contributed by atoms with Crippen LogP contribution in [0.3, 0.4) is 0 Å². The molecule has 0 saturated heterocycles. The average Bonchev–Trinajstić information content (AvgIpc) is 3.11. The molecule has 0 radical (unpaired) electrons. The number of carboxylic acid groups (broad SMARTS) is 1. The number of anilines is 1. The number of halogens is 1. The molecule has 1 heterocycles. The molecule has 6 heteroatoms. The molecule has 130 valence electrons. The van der Waals surface area contributed by atoms with Crippen LogP contribution in [0.15, 0.2) is 71.2 Å². The lowest BCUT2D eigenvalue weighted by atomic mass is 10.2. The largest absolute Gasteiger partial charge is 0.478 e. The van der Waals surface area contributed by atoms with Gasteiger partial charge in [0.15, 0.2) is 5.76 Å². The van der Waals surface area contributed by atoms with Gasteiger partial charge in [0, 0.05) is 22.3 Å². The average molecular weight is 368 g/mol. The van der Waals surface area contributed by atoms with E-state index < -0.39 is 11.9 Å². The molecule has 3 aromatic rings. The molecule has 1 aromatic heterocycles. The summed E-state index contributed by atoms with van der Waals surface area (Å²) in [6.07, 6.45) is 2.48. The highest BCUT2D eigenvalue weighted by atomic mass is 35.5. The van der Waals surface area contributed by atoms with Crippen molar-refractivity contribution in [3.05, 3.63) is 83.1 Å². The highest BCUT2D eigenvalue weighted by Gasteiger charge is 2.12. The second-order valence-electron chi connectivity index (χ2n) is 5.42. The number of rotatable bonds is 5. The molecule has 0 aliphatic rings. The van der Waals surface area contributed by atoms with E-state index in [1.807, 2.05) is 0 Å². The van der Waals surface area contributed by atoms with Crippen molar-refractivity contribution < 1.29 is 19.1 Å². The predicted octanol–water partition coefficient (Wildman–Crippen LogP) is 4.95. The normalized spacial score (nSPS) is 10.8. The fourth-order valence-corrected chi connectivity index (χ4v) is 2.44. The summed E-state index contributed by atoms with van der Waals surface area (Å²) in [5, 5.41) is 12.0. The second kappa shape index (κ2) is 7.72. The van der Waals surface area contributed by atoms with Crippen LogP contribution in [0, 0.1) is 0 Å². The number of amides is 1. The molecular weight excluding hydrogens is 354 g/mol. The molecule has 0 saturated carbocycles. The van der Waals surface area contributed by atoms with Crippen molar-refractivity contribution >= 4 is 35.2 Å². The number of nitrogens with one attached hydrogen (secondary N) is 1. The maximum Gasteiger partial charge on any atom is 0.328 e. The number of hydrogen-bond donors (Lipinski definition) is 2. The van der Waals surface area contributed by atoms with Gasteiger partial charge in [0.2, 0.25) is 0 Å². The van der Waals surface area contributed by atoms with Crippen molar-refractivity contribution in [3.8, 4) is 11.3 Å². The molecule has 2 aromatic carbocycles. The van der Waals surface area contributed by atoms with Crippen LogP contribution < -0.4 is 5.32 Å². The molecule has 0 spiro atoms. The Bertz CT molecular complexity index is 973. The van der Waals surface area contributed by atoms with Gasteiger partial charge < -0.3 is 14.8 Å². The zero-order valence-corrected chi connectivity index (χ0v) is 14.2. The monoisotopic (exact) mass is 367 g/mol. The van der Waals surface area contributed by atoms with Gasteiger partial charge >= 0.3 is 5.97 Å². The van der Waals surface area contributed by atoms with Crippen LogP contribution in [0.2, 0.25) is 5.02 Å². The molecule has 5 nitrogen and oxygen atoms in total. The molecule has 0 aliphatic carbocycles. The minimum absolute atomic E-state index is 0.168. The van der Waals surface area contributed by atoms with Gasteiger partial charge in [-0.05, 0) is 60.2 Å². The summed E-state index contributed by atoms with van der Waals surface area (Å²) in [5.41, 5.74) is 2.01.